The second-order valence-corrected chi connectivity index (χ2v) is 5.99. The van der Waals surface area contributed by atoms with Crippen LogP contribution in [0.4, 0.5) is 5.69 Å². The number of carbonyl (C=O) groups excluding carboxylic acids is 1. The smallest absolute Gasteiger partial charge is 0.255 e. The third-order valence-electron chi connectivity index (χ3n) is 4.50. The van der Waals surface area contributed by atoms with Crippen molar-refractivity contribution < 1.29 is 4.79 Å². The first-order chi connectivity index (χ1) is 9.10. The van der Waals surface area contributed by atoms with E-state index in [1.807, 2.05) is 30.0 Å². The summed E-state index contributed by atoms with van der Waals surface area (Å²) in [6.45, 7) is 5.83. The van der Waals surface area contributed by atoms with Gasteiger partial charge in [0.2, 0.25) is 0 Å². The molecular weight excluding hydrogens is 238 g/mol. The van der Waals surface area contributed by atoms with Gasteiger partial charge in [0.05, 0.1) is 5.56 Å². The molecule has 1 aromatic carbocycles. The molecule has 0 aliphatic carbocycles. The van der Waals surface area contributed by atoms with Crippen LogP contribution >= 0.6 is 0 Å². The standard InChI is InChI=1S/C15H21N3O/c1-11-2-3-13(16)12(8-11)14(19)18-7-5-15(10-18)4-6-17-9-15/h2-3,8,17H,4-7,9-10,16H2,1H3. The molecule has 4 heteroatoms. The summed E-state index contributed by atoms with van der Waals surface area (Å²) in [5, 5.41) is 3.41. The molecule has 3 rings (SSSR count). The summed E-state index contributed by atoms with van der Waals surface area (Å²) in [5.41, 5.74) is 8.57. The lowest BCUT2D eigenvalue weighted by Gasteiger charge is -2.23. The fraction of sp³-hybridized carbons (Fsp3) is 0.533. The number of nitrogen functional groups attached to an aromatic ring is 1. The molecule has 0 saturated carbocycles. The van der Waals surface area contributed by atoms with E-state index in [-0.39, 0.29) is 5.91 Å². The van der Waals surface area contributed by atoms with E-state index >= 15 is 0 Å². The third kappa shape index (κ3) is 2.21. The predicted molar refractivity (Wildman–Crippen MR) is 76.0 cm³/mol. The van der Waals surface area contributed by atoms with Crippen molar-refractivity contribution in [2.45, 2.75) is 19.8 Å². The predicted octanol–water partition coefficient (Wildman–Crippen LogP) is 1.40. The number of anilines is 1. The molecule has 1 unspecified atom stereocenters. The second-order valence-electron chi connectivity index (χ2n) is 5.99. The van der Waals surface area contributed by atoms with Crippen LogP contribution in [0, 0.1) is 12.3 Å². The average molecular weight is 259 g/mol. The van der Waals surface area contributed by atoms with Crippen LogP contribution in [0.2, 0.25) is 0 Å². The first kappa shape index (κ1) is 12.5. The van der Waals surface area contributed by atoms with Gasteiger partial charge in [-0.1, -0.05) is 11.6 Å². The number of hydrogen-bond donors (Lipinski definition) is 2. The maximum Gasteiger partial charge on any atom is 0.255 e. The molecule has 0 aromatic heterocycles. The van der Waals surface area contributed by atoms with Gasteiger partial charge in [0.1, 0.15) is 0 Å². The minimum absolute atomic E-state index is 0.0879. The van der Waals surface area contributed by atoms with Crippen molar-refractivity contribution in [3.8, 4) is 0 Å². The van der Waals surface area contributed by atoms with Gasteiger partial charge in [-0.25, -0.2) is 0 Å². The Labute approximate surface area is 114 Å². The van der Waals surface area contributed by atoms with E-state index in [0.29, 0.717) is 16.7 Å². The quantitative estimate of drug-likeness (QED) is 0.750. The van der Waals surface area contributed by atoms with E-state index in [0.717, 1.165) is 38.2 Å². The Morgan fingerprint density at radius 3 is 3.00 bits per heavy atom. The molecule has 2 aliphatic rings. The van der Waals surface area contributed by atoms with Gasteiger partial charge in [0.15, 0.2) is 0 Å². The van der Waals surface area contributed by atoms with Crippen LogP contribution in [0.15, 0.2) is 18.2 Å². The normalized spacial score (nSPS) is 26.3. The number of rotatable bonds is 1. The van der Waals surface area contributed by atoms with Crippen LogP contribution in [0.25, 0.3) is 0 Å². The summed E-state index contributed by atoms with van der Waals surface area (Å²) < 4.78 is 0. The minimum atomic E-state index is 0.0879. The van der Waals surface area contributed by atoms with Crippen LogP contribution in [0.1, 0.15) is 28.8 Å². The van der Waals surface area contributed by atoms with Crippen molar-refractivity contribution >= 4 is 11.6 Å². The highest BCUT2D eigenvalue weighted by molar-refractivity contribution is 5.99. The second kappa shape index (κ2) is 4.53. The number of aryl methyl sites for hydroxylation is 1. The third-order valence-corrected chi connectivity index (χ3v) is 4.50. The summed E-state index contributed by atoms with van der Waals surface area (Å²) in [6.07, 6.45) is 2.29. The van der Waals surface area contributed by atoms with Crippen molar-refractivity contribution in [2.24, 2.45) is 5.41 Å². The van der Waals surface area contributed by atoms with Gasteiger partial charge < -0.3 is 16.0 Å². The highest BCUT2D eigenvalue weighted by Gasteiger charge is 2.42. The van der Waals surface area contributed by atoms with Gasteiger partial charge in [-0.05, 0) is 38.4 Å². The van der Waals surface area contributed by atoms with Gasteiger partial charge in [-0.2, -0.15) is 0 Å². The van der Waals surface area contributed by atoms with Crippen LogP contribution in [0.5, 0.6) is 0 Å². The van der Waals surface area contributed by atoms with Crippen LogP contribution in [-0.4, -0.2) is 37.0 Å². The summed E-state index contributed by atoms with van der Waals surface area (Å²) in [7, 11) is 0. The molecule has 102 valence electrons. The van der Waals surface area contributed by atoms with Crippen molar-refractivity contribution in [2.75, 3.05) is 31.9 Å². The van der Waals surface area contributed by atoms with E-state index in [1.165, 1.54) is 6.42 Å². The Morgan fingerprint density at radius 2 is 2.26 bits per heavy atom. The molecule has 2 aliphatic heterocycles. The summed E-state index contributed by atoms with van der Waals surface area (Å²) in [6, 6.07) is 5.67. The SMILES string of the molecule is Cc1ccc(N)c(C(=O)N2CCC3(CCNC3)C2)c1. The number of likely N-dealkylation sites (tertiary alicyclic amines) is 1. The Hall–Kier alpha value is -1.55. The Balaban J connectivity index is 1.79. The Morgan fingerprint density at radius 1 is 1.42 bits per heavy atom. The van der Waals surface area contributed by atoms with Crippen molar-refractivity contribution in [3.63, 3.8) is 0 Å². The van der Waals surface area contributed by atoms with Crippen molar-refractivity contribution in [1.82, 2.24) is 10.2 Å². The summed E-state index contributed by atoms with van der Waals surface area (Å²) in [5.74, 6) is 0.0879. The van der Waals surface area contributed by atoms with Crippen molar-refractivity contribution in [3.05, 3.63) is 29.3 Å². The van der Waals surface area contributed by atoms with E-state index in [9.17, 15) is 4.79 Å². The van der Waals surface area contributed by atoms with Crippen LogP contribution < -0.4 is 11.1 Å². The molecule has 2 fully saturated rings. The monoisotopic (exact) mass is 259 g/mol. The first-order valence-electron chi connectivity index (χ1n) is 6.96. The number of hydrogen-bond acceptors (Lipinski definition) is 3. The van der Waals surface area contributed by atoms with Gasteiger partial charge >= 0.3 is 0 Å². The molecule has 0 bridgehead atoms. The lowest BCUT2D eigenvalue weighted by Crippen LogP contribution is -2.33. The maximum absolute atomic E-state index is 12.6. The van der Waals surface area contributed by atoms with Gasteiger partial charge in [0.25, 0.3) is 5.91 Å². The summed E-state index contributed by atoms with van der Waals surface area (Å²) >= 11 is 0. The fourth-order valence-electron chi connectivity index (χ4n) is 3.28. The number of nitrogens with zero attached hydrogens (tertiary/aromatic N) is 1. The average Bonchev–Trinajstić information content (AvgIpc) is 3.03. The Bertz CT molecular complexity index is 506. The topological polar surface area (TPSA) is 58.4 Å². The van der Waals surface area contributed by atoms with E-state index < -0.39 is 0 Å². The minimum Gasteiger partial charge on any atom is -0.398 e. The molecule has 2 heterocycles. The van der Waals surface area contributed by atoms with Crippen LogP contribution in [0.3, 0.4) is 0 Å². The lowest BCUT2D eigenvalue weighted by molar-refractivity contribution is 0.0776. The highest BCUT2D eigenvalue weighted by Crippen LogP contribution is 2.36. The molecule has 19 heavy (non-hydrogen) atoms. The molecule has 1 atom stereocenters. The van der Waals surface area contributed by atoms with E-state index in [4.69, 9.17) is 5.73 Å². The molecule has 2 saturated heterocycles. The highest BCUT2D eigenvalue weighted by atomic mass is 16.2. The zero-order chi connectivity index (χ0) is 13.5. The zero-order valence-electron chi connectivity index (χ0n) is 11.4. The Kier molecular flexibility index (Phi) is 2.97. The number of nitrogens with one attached hydrogen (secondary N) is 1. The lowest BCUT2D eigenvalue weighted by atomic mass is 9.86. The molecule has 0 radical (unpaired) electrons. The van der Waals surface area contributed by atoms with E-state index in [1.54, 1.807) is 0 Å². The molecular formula is C15H21N3O. The maximum atomic E-state index is 12.6. The van der Waals surface area contributed by atoms with Gasteiger partial charge in [0, 0.05) is 30.7 Å². The van der Waals surface area contributed by atoms with Crippen LogP contribution in [-0.2, 0) is 0 Å². The van der Waals surface area contributed by atoms with Gasteiger partial charge in [-0.3, -0.25) is 4.79 Å². The number of benzene rings is 1. The number of nitrogens with two attached hydrogens (primary N) is 1. The number of amides is 1. The molecule has 3 N–H and O–H groups in total. The number of carbonyl (C=O) groups is 1. The molecule has 4 nitrogen and oxygen atoms in total. The molecule has 1 spiro atoms. The largest absolute Gasteiger partial charge is 0.398 e. The van der Waals surface area contributed by atoms with Gasteiger partial charge in [-0.15, -0.1) is 0 Å². The molecule has 1 amide bonds. The summed E-state index contributed by atoms with van der Waals surface area (Å²) in [4.78, 5) is 14.6. The molecule has 1 aromatic rings. The fourth-order valence-corrected chi connectivity index (χ4v) is 3.28. The van der Waals surface area contributed by atoms with E-state index in [2.05, 4.69) is 5.32 Å². The zero-order valence-corrected chi connectivity index (χ0v) is 11.4. The first-order valence-corrected chi connectivity index (χ1v) is 6.96. The van der Waals surface area contributed by atoms with Crippen molar-refractivity contribution in [1.29, 1.82) is 0 Å².